The number of fused-ring (bicyclic) bond motifs is 1. The molecule has 0 saturated carbocycles. The van der Waals surface area contributed by atoms with E-state index in [1.165, 1.54) is 6.26 Å². The second-order valence-electron chi connectivity index (χ2n) is 6.02. The van der Waals surface area contributed by atoms with Crippen LogP contribution < -0.4 is 9.46 Å². The Balaban J connectivity index is 1.77. The molecule has 0 spiro atoms. The molecule has 8 heteroatoms. The van der Waals surface area contributed by atoms with Crippen molar-refractivity contribution in [1.82, 2.24) is 19.4 Å². The van der Waals surface area contributed by atoms with Gasteiger partial charge in [0.15, 0.2) is 0 Å². The van der Waals surface area contributed by atoms with Crippen molar-refractivity contribution in [2.75, 3.05) is 26.5 Å². The van der Waals surface area contributed by atoms with Gasteiger partial charge in [0.05, 0.1) is 25.1 Å². The van der Waals surface area contributed by atoms with Crippen molar-refractivity contribution in [1.29, 1.82) is 0 Å². The van der Waals surface area contributed by atoms with Crippen LogP contribution in [0.2, 0.25) is 0 Å². The van der Waals surface area contributed by atoms with Gasteiger partial charge in [0.2, 0.25) is 10.0 Å². The lowest BCUT2D eigenvalue weighted by Gasteiger charge is -2.34. The monoisotopic (exact) mass is 350 g/mol. The number of hydrogen-bond donors (Lipinski definition) is 1. The summed E-state index contributed by atoms with van der Waals surface area (Å²) in [5.41, 5.74) is 2.19. The third-order valence-corrected chi connectivity index (χ3v) is 4.81. The molecule has 2 heterocycles. The quantitative estimate of drug-likeness (QED) is 0.841. The lowest BCUT2D eigenvalue weighted by molar-refractivity contribution is 0.166. The van der Waals surface area contributed by atoms with E-state index < -0.39 is 10.0 Å². The molecular formula is C16H22N4O3S. The third kappa shape index (κ3) is 3.95. The van der Waals surface area contributed by atoms with Crippen LogP contribution >= 0.6 is 0 Å². The van der Waals surface area contributed by atoms with Gasteiger partial charge in [-0.25, -0.2) is 13.1 Å². The summed E-state index contributed by atoms with van der Waals surface area (Å²) in [5, 5.41) is 4.34. The van der Waals surface area contributed by atoms with E-state index in [0.29, 0.717) is 6.54 Å². The minimum Gasteiger partial charge on any atom is -0.496 e. The van der Waals surface area contributed by atoms with E-state index >= 15 is 0 Å². The molecule has 0 aliphatic carbocycles. The fourth-order valence-electron chi connectivity index (χ4n) is 3.06. The van der Waals surface area contributed by atoms with Gasteiger partial charge in [-0.15, -0.1) is 0 Å². The Morgan fingerprint density at radius 1 is 1.33 bits per heavy atom. The molecule has 2 aromatic rings. The smallest absolute Gasteiger partial charge is 0.208 e. The van der Waals surface area contributed by atoms with E-state index in [-0.39, 0.29) is 6.04 Å². The van der Waals surface area contributed by atoms with Gasteiger partial charge in [-0.1, -0.05) is 18.2 Å². The second-order valence-corrected chi connectivity index (χ2v) is 7.86. The Labute approximate surface area is 142 Å². The Bertz CT molecular complexity index is 803. The molecule has 0 amide bonds. The highest BCUT2D eigenvalue weighted by Crippen LogP contribution is 2.25. The third-order valence-electron chi connectivity index (χ3n) is 4.12. The number of hydrogen-bond acceptors (Lipinski definition) is 5. The van der Waals surface area contributed by atoms with Gasteiger partial charge in [-0.05, 0) is 12.1 Å². The maximum Gasteiger partial charge on any atom is 0.208 e. The first kappa shape index (κ1) is 16.9. The maximum atomic E-state index is 11.4. The Morgan fingerprint density at radius 2 is 2.12 bits per heavy atom. The molecule has 3 rings (SSSR count). The van der Waals surface area contributed by atoms with Crippen LogP contribution in [0.1, 0.15) is 17.3 Å². The molecule has 0 bridgehead atoms. The lowest BCUT2D eigenvalue weighted by Crippen LogP contribution is -2.42. The van der Waals surface area contributed by atoms with Gasteiger partial charge >= 0.3 is 0 Å². The molecule has 0 fully saturated rings. The number of nitrogens with one attached hydrogen (secondary N) is 1. The summed E-state index contributed by atoms with van der Waals surface area (Å²) in [7, 11) is -1.56. The molecule has 0 radical (unpaired) electrons. The Kier molecular flexibility index (Phi) is 4.88. The summed E-state index contributed by atoms with van der Waals surface area (Å²) >= 11 is 0. The molecular weight excluding hydrogens is 328 g/mol. The standard InChI is InChI=1S/C16H22N4O3S/c1-23-16-6-4-3-5-13(16)10-19-11-14-7-8-17-20(14)15(12-19)9-18-24(2,21)22/h3-8,15,18H,9-12H2,1-2H3/t15-/m0/s1. The van der Waals surface area contributed by atoms with E-state index in [0.717, 1.165) is 36.6 Å². The topological polar surface area (TPSA) is 76.5 Å². The first-order chi connectivity index (χ1) is 11.5. The van der Waals surface area contributed by atoms with E-state index in [1.54, 1.807) is 13.3 Å². The molecule has 0 saturated heterocycles. The van der Waals surface area contributed by atoms with Crippen LogP contribution in [-0.2, 0) is 23.1 Å². The zero-order valence-electron chi connectivity index (χ0n) is 13.8. The van der Waals surface area contributed by atoms with E-state index in [1.807, 2.05) is 28.9 Å². The van der Waals surface area contributed by atoms with Gasteiger partial charge in [-0.2, -0.15) is 5.10 Å². The molecule has 1 aliphatic heterocycles. The number of sulfonamides is 1. The van der Waals surface area contributed by atoms with Crippen LogP contribution in [0, 0.1) is 0 Å². The zero-order valence-corrected chi connectivity index (χ0v) is 14.7. The van der Waals surface area contributed by atoms with Crippen LogP contribution in [0.25, 0.3) is 0 Å². The molecule has 1 aromatic heterocycles. The highest BCUT2D eigenvalue weighted by atomic mass is 32.2. The van der Waals surface area contributed by atoms with E-state index in [9.17, 15) is 8.42 Å². The summed E-state index contributed by atoms with van der Waals surface area (Å²) < 4.78 is 32.7. The Hall–Kier alpha value is -1.90. The van der Waals surface area contributed by atoms with E-state index in [2.05, 4.69) is 20.8 Å². The van der Waals surface area contributed by atoms with Crippen molar-refractivity contribution in [2.45, 2.75) is 19.1 Å². The molecule has 1 atom stereocenters. The van der Waals surface area contributed by atoms with Gasteiger partial charge in [0, 0.05) is 37.9 Å². The minimum absolute atomic E-state index is 0.0341. The molecule has 1 aromatic carbocycles. The molecule has 130 valence electrons. The van der Waals surface area contributed by atoms with Gasteiger partial charge in [0.1, 0.15) is 5.75 Å². The number of benzene rings is 1. The van der Waals surface area contributed by atoms with Crippen LogP contribution in [0.15, 0.2) is 36.5 Å². The number of nitrogens with zero attached hydrogens (tertiary/aromatic N) is 3. The Morgan fingerprint density at radius 3 is 2.88 bits per heavy atom. The lowest BCUT2D eigenvalue weighted by atomic mass is 10.1. The first-order valence-corrected chi connectivity index (χ1v) is 9.66. The van der Waals surface area contributed by atoms with Crippen LogP contribution in [0.3, 0.4) is 0 Å². The first-order valence-electron chi connectivity index (χ1n) is 7.77. The highest BCUT2D eigenvalue weighted by Gasteiger charge is 2.26. The average molecular weight is 350 g/mol. The average Bonchev–Trinajstić information content (AvgIpc) is 3.01. The van der Waals surface area contributed by atoms with E-state index in [4.69, 9.17) is 4.74 Å². The van der Waals surface area contributed by atoms with Gasteiger partial charge in [0.25, 0.3) is 0 Å². The molecule has 1 N–H and O–H groups in total. The van der Waals surface area contributed by atoms with Gasteiger partial charge in [-0.3, -0.25) is 9.58 Å². The van der Waals surface area contributed by atoms with Crippen molar-refractivity contribution >= 4 is 10.0 Å². The largest absolute Gasteiger partial charge is 0.496 e. The van der Waals surface area contributed by atoms with Gasteiger partial charge < -0.3 is 4.74 Å². The SMILES string of the molecule is COc1ccccc1CN1Cc2ccnn2[C@@H](CNS(C)(=O)=O)C1. The number of ether oxygens (including phenoxy) is 1. The molecule has 1 aliphatic rings. The summed E-state index contributed by atoms with van der Waals surface area (Å²) in [6.45, 7) is 2.56. The molecule has 24 heavy (non-hydrogen) atoms. The number of methoxy groups -OCH3 is 1. The fourth-order valence-corrected chi connectivity index (χ4v) is 3.55. The highest BCUT2D eigenvalue weighted by molar-refractivity contribution is 7.88. The van der Waals surface area contributed by atoms with Crippen LogP contribution in [0.5, 0.6) is 5.75 Å². The summed E-state index contributed by atoms with van der Waals surface area (Å²) in [6.07, 6.45) is 2.93. The van der Waals surface area contributed by atoms with Crippen molar-refractivity contribution in [3.05, 3.63) is 47.8 Å². The summed E-state index contributed by atoms with van der Waals surface area (Å²) in [4.78, 5) is 2.28. The summed E-state index contributed by atoms with van der Waals surface area (Å²) in [6, 6.07) is 9.89. The van der Waals surface area contributed by atoms with Crippen molar-refractivity contribution in [2.24, 2.45) is 0 Å². The van der Waals surface area contributed by atoms with Crippen molar-refractivity contribution in [3.63, 3.8) is 0 Å². The van der Waals surface area contributed by atoms with Crippen molar-refractivity contribution in [3.8, 4) is 5.75 Å². The number of aromatic nitrogens is 2. The second kappa shape index (κ2) is 6.92. The zero-order chi connectivity index (χ0) is 17.2. The van der Waals surface area contributed by atoms with Crippen molar-refractivity contribution < 1.29 is 13.2 Å². The predicted molar refractivity (Wildman–Crippen MR) is 91.2 cm³/mol. The maximum absolute atomic E-state index is 11.4. The normalized spacial score (nSPS) is 18.3. The predicted octanol–water partition coefficient (Wildman–Crippen LogP) is 0.998. The molecule has 7 nitrogen and oxygen atoms in total. The summed E-state index contributed by atoms with van der Waals surface area (Å²) in [5.74, 6) is 0.863. The fraction of sp³-hybridized carbons (Fsp3) is 0.438. The van der Waals surface area contributed by atoms with Crippen LogP contribution in [-0.4, -0.2) is 49.6 Å². The van der Waals surface area contributed by atoms with Crippen LogP contribution in [0.4, 0.5) is 0 Å². The minimum atomic E-state index is -3.23. The molecule has 0 unspecified atom stereocenters. The number of rotatable bonds is 6. The number of para-hydroxylation sites is 1.